The second-order valence-corrected chi connectivity index (χ2v) is 4.58. The van der Waals surface area contributed by atoms with E-state index in [0.29, 0.717) is 13.0 Å². The Morgan fingerprint density at radius 3 is 2.33 bits per heavy atom. The lowest BCUT2D eigenvalue weighted by atomic mass is 10.0. The molecule has 0 saturated heterocycles. The number of allylic oxidation sites excluding steroid dienone is 1. The van der Waals surface area contributed by atoms with E-state index in [4.69, 9.17) is 4.84 Å². The maximum absolute atomic E-state index is 10.1. The molecule has 1 N–H and O–H groups in total. The third-order valence-corrected chi connectivity index (χ3v) is 2.86. The number of rotatable bonds is 13. The van der Waals surface area contributed by atoms with Crippen LogP contribution >= 0.6 is 0 Å². The number of hydrogen-bond donors (Lipinski definition) is 1. The number of carbonyl (C=O) groups is 1. The summed E-state index contributed by atoms with van der Waals surface area (Å²) in [6.07, 6.45) is 12.0. The highest BCUT2D eigenvalue weighted by atomic mass is 16.6. The lowest BCUT2D eigenvalue weighted by Gasteiger charge is -2.07. The summed E-state index contributed by atoms with van der Waals surface area (Å²) >= 11 is 0. The van der Waals surface area contributed by atoms with Crippen molar-refractivity contribution in [3.8, 4) is 0 Å². The molecule has 0 aromatic rings. The number of nitrogens with one attached hydrogen (secondary N) is 1. The van der Waals surface area contributed by atoms with Crippen LogP contribution in [0.25, 0.3) is 0 Å². The van der Waals surface area contributed by atoms with Gasteiger partial charge in [-0.1, -0.05) is 38.3 Å². The van der Waals surface area contributed by atoms with E-state index in [-0.39, 0.29) is 0 Å². The van der Waals surface area contributed by atoms with E-state index < -0.39 is 0 Å². The highest BCUT2D eigenvalue weighted by Crippen LogP contribution is 2.14. The molecular weight excluding hydrogens is 226 g/mol. The summed E-state index contributed by atoms with van der Waals surface area (Å²) in [5, 5.41) is 0. The summed E-state index contributed by atoms with van der Waals surface area (Å²) in [6.45, 7) is 5.82. The van der Waals surface area contributed by atoms with E-state index in [0.717, 1.165) is 19.3 Å². The molecule has 0 aliphatic heterocycles. The minimum absolute atomic E-state index is 0.602. The van der Waals surface area contributed by atoms with Gasteiger partial charge >= 0.3 is 0 Å². The summed E-state index contributed by atoms with van der Waals surface area (Å²) in [6, 6.07) is 0. The van der Waals surface area contributed by atoms with Crippen LogP contribution in [0, 0.1) is 0 Å². The normalized spacial score (nSPS) is 10.3. The summed E-state index contributed by atoms with van der Waals surface area (Å²) in [4.78, 5) is 15.4. The molecule has 0 unspecified atom stereocenters. The molecule has 0 aromatic heterocycles. The molecule has 0 amide bonds. The molecule has 3 heteroatoms. The minimum Gasteiger partial charge on any atom is -0.303 e. The van der Waals surface area contributed by atoms with Crippen molar-refractivity contribution in [2.24, 2.45) is 0 Å². The molecule has 0 radical (unpaired) electrons. The second-order valence-electron chi connectivity index (χ2n) is 4.58. The smallest absolute Gasteiger partial charge is 0.120 e. The van der Waals surface area contributed by atoms with Crippen molar-refractivity contribution in [2.45, 2.75) is 65.2 Å². The first kappa shape index (κ1) is 17.3. The fourth-order valence-corrected chi connectivity index (χ4v) is 1.68. The van der Waals surface area contributed by atoms with Gasteiger partial charge in [0.2, 0.25) is 0 Å². The van der Waals surface area contributed by atoms with Crippen molar-refractivity contribution in [3.63, 3.8) is 0 Å². The van der Waals surface area contributed by atoms with Crippen LogP contribution in [0.15, 0.2) is 11.6 Å². The van der Waals surface area contributed by atoms with Crippen molar-refractivity contribution in [2.75, 3.05) is 13.2 Å². The third-order valence-electron chi connectivity index (χ3n) is 2.86. The molecular formula is C15H29NO2. The molecule has 0 heterocycles. The molecule has 0 rings (SSSR count). The molecule has 0 aliphatic carbocycles. The van der Waals surface area contributed by atoms with Crippen molar-refractivity contribution in [1.82, 2.24) is 5.48 Å². The van der Waals surface area contributed by atoms with Crippen molar-refractivity contribution < 1.29 is 9.63 Å². The zero-order valence-corrected chi connectivity index (χ0v) is 12.0. The van der Waals surface area contributed by atoms with Gasteiger partial charge in [0.05, 0.1) is 6.61 Å². The minimum atomic E-state index is 0.602. The summed E-state index contributed by atoms with van der Waals surface area (Å²) < 4.78 is 0. The Morgan fingerprint density at radius 2 is 1.78 bits per heavy atom. The maximum atomic E-state index is 10.1. The standard InChI is InChI=1S/C15H29NO2/c1-3-5-9-15(10-6-4-2)11-14-18-16-12-7-8-13-17/h11,13,16H,3-10,12,14H2,1-2H3. The van der Waals surface area contributed by atoms with E-state index in [1.54, 1.807) is 0 Å². The quantitative estimate of drug-likeness (QED) is 0.235. The van der Waals surface area contributed by atoms with E-state index in [1.807, 2.05) is 0 Å². The van der Waals surface area contributed by atoms with E-state index in [2.05, 4.69) is 25.4 Å². The third kappa shape index (κ3) is 11.8. The molecule has 0 saturated carbocycles. The van der Waals surface area contributed by atoms with Crippen molar-refractivity contribution in [1.29, 1.82) is 0 Å². The maximum Gasteiger partial charge on any atom is 0.120 e. The van der Waals surface area contributed by atoms with Crippen LogP contribution in [-0.2, 0) is 9.63 Å². The van der Waals surface area contributed by atoms with E-state index >= 15 is 0 Å². The van der Waals surface area contributed by atoms with Crippen LogP contribution in [0.1, 0.15) is 65.2 Å². The topological polar surface area (TPSA) is 38.3 Å². The average Bonchev–Trinajstić information content (AvgIpc) is 2.40. The largest absolute Gasteiger partial charge is 0.303 e. The Balaban J connectivity index is 3.66. The molecule has 0 bridgehead atoms. The van der Waals surface area contributed by atoms with Gasteiger partial charge in [0.1, 0.15) is 6.29 Å². The van der Waals surface area contributed by atoms with Gasteiger partial charge < -0.3 is 4.79 Å². The van der Waals surface area contributed by atoms with Gasteiger partial charge in [-0.3, -0.25) is 4.84 Å². The number of hydroxylamine groups is 1. The number of unbranched alkanes of at least 4 members (excludes halogenated alkanes) is 3. The molecule has 3 nitrogen and oxygen atoms in total. The van der Waals surface area contributed by atoms with Crippen LogP contribution in [0.5, 0.6) is 0 Å². The Hall–Kier alpha value is -0.670. The fraction of sp³-hybridized carbons (Fsp3) is 0.800. The first-order chi connectivity index (χ1) is 8.85. The fourth-order valence-electron chi connectivity index (χ4n) is 1.68. The van der Waals surface area contributed by atoms with Gasteiger partial charge in [0.25, 0.3) is 0 Å². The molecule has 0 spiro atoms. The zero-order valence-electron chi connectivity index (χ0n) is 12.0. The molecule has 0 fully saturated rings. The Morgan fingerprint density at radius 1 is 1.11 bits per heavy atom. The second kappa shape index (κ2) is 14.4. The van der Waals surface area contributed by atoms with Gasteiger partial charge in [-0.05, 0) is 32.1 Å². The molecule has 0 atom stereocenters. The van der Waals surface area contributed by atoms with Gasteiger partial charge in [0.15, 0.2) is 0 Å². The SMILES string of the molecule is CCCCC(=CCONCCCC=O)CCCC. The highest BCUT2D eigenvalue weighted by Gasteiger charge is 1.97. The summed E-state index contributed by atoms with van der Waals surface area (Å²) in [5.74, 6) is 0. The molecule has 18 heavy (non-hydrogen) atoms. The lowest BCUT2D eigenvalue weighted by molar-refractivity contribution is -0.108. The number of carbonyl (C=O) groups excluding carboxylic acids is 1. The van der Waals surface area contributed by atoms with Gasteiger partial charge in [-0.25, -0.2) is 5.48 Å². The van der Waals surface area contributed by atoms with Gasteiger partial charge in [-0.2, -0.15) is 0 Å². The Labute approximate surface area is 112 Å². The van der Waals surface area contributed by atoms with Gasteiger partial charge in [0, 0.05) is 13.0 Å². The van der Waals surface area contributed by atoms with Crippen LogP contribution in [0.2, 0.25) is 0 Å². The monoisotopic (exact) mass is 255 g/mol. The lowest BCUT2D eigenvalue weighted by Crippen LogP contribution is -2.16. The Bertz CT molecular complexity index is 205. The van der Waals surface area contributed by atoms with Crippen LogP contribution in [0.3, 0.4) is 0 Å². The van der Waals surface area contributed by atoms with Crippen LogP contribution < -0.4 is 5.48 Å². The first-order valence-corrected chi connectivity index (χ1v) is 7.31. The van der Waals surface area contributed by atoms with Gasteiger partial charge in [-0.15, -0.1) is 0 Å². The van der Waals surface area contributed by atoms with Crippen LogP contribution in [0.4, 0.5) is 0 Å². The number of aldehydes is 1. The zero-order chi connectivity index (χ0) is 13.5. The predicted molar refractivity (Wildman–Crippen MR) is 76.4 cm³/mol. The highest BCUT2D eigenvalue weighted by molar-refractivity contribution is 5.48. The average molecular weight is 255 g/mol. The van der Waals surface area contributed by atoms with Crippen LogP contribution in [-0.4, -0.2) is 19.4 Å². The molecule has 0 aliphatic rings. The van der Waals surface area contributed by atoms with Crippen molar-refractivity contribution >= 4 is 6.29 Å². The summed E-state index contributed by atoms with van der Waals surface area (Å²) in [7, 11) is 0. The molecule has 0 aromatic carbocycles. The van der Waals surface area contributed by atoms with E-state index in [9.17, 15) is 4.79 Å². The van der Waals surface area contributed by atoms with Crippen molar-refractivity contribution in [3.05, 3.63) is 11.6 Å². The first-order valence-electron chi connectivity index (χ1n) is 7.31. The Kier molecular flexibility index (Phi) is 13.9. The van der Waals surface area contributed by atoms with E-state index in [1.165, 1.54) is 44.1 Å². The number of hydrogen-bond acceptors (Lipinski definition) is 3. The summed E-state index contributed by atoms with van der Waals surface area (Å²) in [5.41, 5.74) is 4.41. The predicted octanol–water partition coefficient (Wildman–Crippen LogP) is 3.79. The molecule has 106 valence electrons.